The summed E-state index contributed by atoms with van der Waals surface area (Å²) in [5.74, 6) is -1.37. The van der Waals surface area contributed by atoms with E-state index in [-0.39, 0.29) is 11.3 Å². The first-order valence-electron chi connectivity index (χ1n) is 6.15. The van der Waals surface area contributed by atoms with Crippen LogP contribution in [0, 0.1) is 12.3 Å². The van der Waals surface area contributed by atoms with E-state index in [2.05, 4.69) is 9.69 Å². The molecule has 1 heterocycles. The Bertz CT molecular complexity index is 463. The topological polar surface area (TPSA) is 79.3 Å². The molecule has 19 heavy (non-hydrogen) atoms. The van der Waals surface area contributed by atoms with E-state index >= 15 is 0 Å². The summed E-state index contributed by atoms with van der Waals surface area (Å²) in [5.41, 5.74) is 1.12. The van der Waals surface area contributed by atoms with Gasteiger partial charge < -0.3 is 10.4 Å². The van der Waals surface area contributed by atoms with Gasteiger partial charge in [-0.3, -0.25) is 4.79 Å². The van der Waals surface area contributed by atoms with Crippen molar-refractivity contribution in [2.75, 3.05) is 0 Å². The molecule has 1 atom stereocenters. The summed E-state index contributed by atoms with van der Waals surface area (Å²) in [6.07, 6.45) is 1.15. The SMILES string of the molecule is Cc1nscc1C(=O)NC(CCC(C)(C)C)C(=O)O. The minimum absolute atomic E-state index is 0.0400. The van der Waals surface area contributed by atoms with Crippen LogP contribution in [-0.4, -0.2) is 27.4 Å². The molecule has 0 bridgehead atoms. The lowest BCUT2D eigenvalue weighted by Gasteiger charge is -2.21. The zero-order valence-electron chi connectivity index (χ0n) is 11.7. The van der Waals surface area contributed by atoms with Gasteiger partial charge in [-0.15, -0.1) is 0 Å². The average molecular weight is 284 g/mol. The molecule has 0 saturated carbocycles. The Morgan fingerprint density at radius 2 is 2.11 bits per heavy atom. The number of carbonyl (C=O) groups excluding carboxylic acids is 1. The van der Waals surface area contributed by atoms with Crippen molar-refractivity contribution >= 4 is 23.4 Å². The van der Waals surface area contributed by atoms with Crippen LogP contribution in [-0.2, 0) is 4.79 Å². The number of hydrogen-bond acceptors (Lipinski definition) is 4. The number of aliphatic carboxylic acids is 1. The van der Waals surface area contributed by atoms with Crippen LogP contribution in [0.5, 0.6) is 0 Å². The predicted octanol–water partition coefficient (Wildman–Crippen LogP) is 2.46. The summed E-state index contributed by atoms with van der Waals surface area (Å²) in [5, 5.41) is 13.4. The van der Waals surface area contributed by atoms with Crippen LogP contribution in [0.15, 0.2) is 5.38 Å². The molecule has 1 rings (SSSR count). The van der Waals surface area contributed by atoms with E-state index in [4.69, 9.17) is 5.11 Å². The standard InChI is InChI=1S/C13H20N2O3S/c1-8-9(7-19-15-8)11(16)14-10(12(17)18)5-6-13(2,3)4/h7,10H,5-6H2,1-4H3,(H,14,16)(H,17,18). The van der Waals surface area contributed by atoms with Crippen LogP contribution < -0.4 is 5.32 Å². The number of rotatable bonds is 5. The molecule has 0 saturated heterocycles. The van der Waals surface area contributed by atoms with Gasteiger partial charge in [-0.1, -0.05) is 20.8 Å². The monoisotopic (exact) mass is 284 g/mol. The average Bonchev–Trinajstić information content (AvgIpc) is 2.68. The molecule has 106 valence electrons. The first-order chi connectivity index (χ1) is 8.70. The maximum atomic E-state index is 12.0. The van der Waals surface area contributed by atoms with Crippen molar-refractivity contribution in [1.82, 2.24) is 9.69 Å². The molecule has 1 unspecified atom stereocenters. The third-order valence-electron chi connectivity index (χ3n) is 2.78. The Balaban J connectivity index is 2.67. The maximum Gasteiger partial charge on any atom is 0.326 e. The van der Waals surface area contributed by atoms with Gasteiger partial charge in [-0.05, 0) is 36.7 Å². The van der Waals surface area contributed by atoms with Gasteiger partial charge in [0.1, 0.15) is 6.04 Å². The zero-order valence-corrected chi connectivity index (χ0v) is 12.5. The lowest BCUT2D eigenvalue weighted by atomic mass is 9.88. The normalized spacial score (nSPS) is 13.1. The van der Waals surface area contributed by atoms with E-state index in [1.807, 2.05) is 20.8 Å². The van der Waals surface area contributed by atoms with Crippen LogP contribution >= 0.6 is 11.5 Å². The van der Waals surface area contributed by atoms with Crippen LogP contribution in [0.2, 0.25) is 0 Å². The molecule has 0 aliphatic heterocycles. The van der Waals surface area contributed by atoms with Crippen molar-refractivity contribution in [3.8, 4) is 0 Å². The number of amides is 1. The van der Waals surface area contributed by atoms with E-state index in [0.717, 1.165) is 6.42 Å². The van der Waals surface area contributed by atoms with Gasteiger partial charge in [0.05, 0.1) is 11.3 Å². The van der Waals surface area contributed by atoms with Gasteiger partial charge in [-0.25, -0.2) is 4.79 Å². The third-order valence-corrected chi connectivity index (χ3v) is 3.50. The molecule has 2 N–H and O–H groups in total. The Hall–Kier alpha value is -1.43. The second kappa shape index (κ2) is 6.14. The Morgan fingerprint density at radius 1 is 1.47 bits per heavy atom. The fraction of sp³-hybridized carbons (Fsp3) is 0.615. The van der Waals surface area contributed by atoms with E-state index in [1.54, 1.807) is 12.3 Å². The Morgan fingerprint density at radius 3 is 2.53 bits per heavy atom. The number of aromatic nitrogens is 1. The van der Waals surface area contributed by atoms with Crippen molar-refractivity contribution in [2.24, 2.45) is 5.41 Å². The highest BCUT2D eigenvalue weighted by Gasteiger charge is 2.24. The van der Waals surface area contributed by atoms with E-state index in [1.165, 1.54) is 11.5 Å². The van der Waals surface area contributed by atoms with Gasteiger partial charge in [0, 0.05) is 5.38 Å². The summed E-state index contributed by atoms with van der Waals surface area (Å²) >= 11 is 1.19. The number of carbonyl (C=O) groups is 2. The van der Waals surface area contributed by atoms with E-state index < -0.39 is 12.0 Å². The number of aryl methyl sites for hydroxylation is 1. The molecule has 6 heteroatoms. The van der Waals surface area contributed by atoms with Crippen molar-refractivity contribution in [3.05, 3.63) is 16.6 Å². The van der Waals surface area contributed by atoms with Crippen LogP contribution in [0.3, 0.4) is 0 Å². The molecule has 0 aliphatic carbocycles. The lowest BCUT2D eigenvalue weighted by Crippen LogP contribution is -2.41. The van der Waals surface area contributed by atoms with Crippen molar-refractivity contribution in [1.29, 1.82) is 0 Å². The third kappa shape index (κ3) is 4.98. The fourth-order valence-corrected chi connectivity index (χ4v) is 2.27. The number of hydrogen-bond donors (Lipinski definition) is 2. The summed E-state index contributed by atoms with van der Waals surface area (Å²) in [6, 6.07) is -0.856. The Kier molecular flexibility index (Phi) is 5.05. The molecular formula is C13H20N2O3S. The molecule has 1 amide bonds. The van der Waals surface area contributed by atoms with E-state index in [0.29, 0.717) is 17.7 Å². The molecule has 0 aliphatic rings. The first-order valence-corrected chi connectivity index (χ1v) is 6.99. The molecule has 0 aromatic carbocycles. The molecule has 0 spiro atoms. The summed E-state index contributed by atoms with van der Waals surface area (Å²) in [7, 11) is 0. The van der Waals surface area contributed by atoms with Crippen LogP contribution in [0.4, 0.5) is 0 Å². The van der Waals surface area contributed by atoms with Gasteiger partial charge >= 0.3 is 5.97 Å². The number of carboxylic acid groups (broad SMARTS) is 1. The minimum atomic E-state index is -1.00. The minimum Gasteiger partial charge on any atom is -0.480 e. The highest BCUT2D eigenvalue weighted by atomic mass is 32.1. The van der Waals surface area contributed by atoms with Gasteiger partial charge in [0.25, 0.3) is 5.91 Å². The largest absolute Gasteiger partial charge is 0.480 e. The first kappa shape index (κ1) is 15.6. The smallest absolute Gasteiger partial charge is 0.326 e. The molecule has 1 aromatic heterocycles. The molecule has 0 radical (unpaired) electrons. The number of nitrogens with one attached hydrogen (secondary N) is 1. The quantitative estimate of drug-likeness (QED) is 0.870. The van der Waals surface area contributed by atoms with E-state index in [9.17, 15) is 9.59 Å². The van der Waals surface area contributed by atoms with Crippen molar-refractivity contribution in [3.63, 3.8) is 0 Å². The van der Waals surface area contributed by atoms with Crippen molar-refractivity contribution < 1.29 is 14.7 Å². The fourth-order valence-electron chi connectivity index (χ4n) is 1.58. The molecule has 0 fully saturated rings. The molecular weight excluding hydrogens is 264 g/mol. The summed E-state index contributed by atoms with van der Waals surface area (Å²) in [4.78, 5) is 23.1. The van der Waals surface area contributed by atoms with Crippen LogP contribution in [0.25, 0.3) is 0 Å². The molecule has 1 aromatic rings. The second-order valence-corrected chi connectivity index (χ2v) is 6.41. The lowest BCUT2D eigenvalue weighted by molar-refractivity contribution is -0.139. The highest BCUT2D eigenvalue weighted by Crippen LogP contribution is 2.22. The maximum absolute atomic E-state index is 12.0. The second-order valence-electron chi connectivity index (χ2n) is 5.78. The zero-order chi connectivity index (χ0) is 14.6. The highest BCUT2D eigenvalue weighted by molar-refractivity contribution is 7.03. The van der Waals surface area contributed by atoms with Gasteiger partial charge in [0.15, 0.2) is 0 Å². The number of nitrogens with zero attached hydrogens (tertiary/aromatic N) is 1. The summed E-state index contributed by atoms with van der Waals surface area (Å²) < 4.78 is 4.01. The van der Waals surface area contributed by atoms with Gasteiger partial charge in [0.2, 0.25) is 0 Å². The number of carboxylic acids is 1. The Labute approximate surface area is 117 Å². The summed E-state index contributed by atoms with van der Waals surface area (Å²) in [6.45, 7) is 7.86. The van der Waals surface area contributed by atoms with Crippen molar-refractivity contribution in [2.45, 2.75) is 46.6 Å². The molecule has 5 nitrogen and oxygen atoms in total. The van der Waals surface area contributed by atoms with Crippen LogP contribution in [0.1, 0.15) is 49.7 Å². The van der Waals surface area contributed by atoms with Gasteiger partial charge in [-0.2, -0.15) is 4.37 Å². The predicted molar refractivity (Wildman–Crippen MR) is 74.4 cm³/mol.